The van der Waals surface area contributed by atoms with Gasteiger partial charge in [0.15, 0.2) is 0 Å². The fourth-order valence-electron chi connectivity index (χ4n) is 2.76. The SMILES string of the molecule is CCCCCCCCCCCC(=O)OC[C@H](CC)CCCC. The molecule has 0 aliphatic rings. The number of carbonyl (C=O) groups is 1. The topological polar surface area (TPSA) is 26.3 Å². The highest BCUT2D eigenvalue weighted by atomic mass is 16.5. The van der Waals surface area contributed by atoms with E-state index in [-0.39, 0.29) is 5.97 Å². The average Bonchev–Trinajstić information content (AvgIpc) is 2.53. The molecular weight excluding hydrogens is 272 g/mol. The summed E-state index contributed by atoms with van der Waals surface area (Å²) in [6, 6.07) is 0. The molecule has 1 atom stereocenters. The molecule has 0 bridgehead atoms. The molecule has 0 heterocycles. The van der Waals surface area contributed by atoms with Gasteiger partial charge in [-0.3, -0.25) is 4.79 Å². The molecule has 0 aliphatic carbocycles. The van der Waals surface area contributed by atoms with E-state index in [4.69, 9.17) is 4.74 Å². The van der Waals surface area contributed by atoms with Crippen LogP contribution in [0.3, 0.4) is 0 Å². The summed E-state index contributed by atoms with van der Waals surface area (Å²) in [5, 5.41) is 0. The highest BCUT2D eigenvalue weighted by Crippen LogP contribution is 2.14. The van der Waals surface area contributed by atoms with Crippen molar-refractivity contribution in [2.24, 2.45) is 5.92 Å². The Morgan fingerprint density at radius 2 is 1.32 bits per heavy atom. The van der Waals surface area contributed by atoms with Crippen LogP contribution < -0.4 is 0 Å². The second-order valence-electron chi connectivity index (χ2n) is 6.68. The maximum Gasteiger partial charge on any atom is 0.305 e. The molecule has 0 amide bonds. The third-order valence-corrected chi connectivity index (χ3v) is 4.51. The summed E-state index contributed by atoms with van der Waals surface area (Å²) in [6.45, 7) is 7.29. The van der Waals surface area contributed by atoms with Crippen LogP contribution in [0, 0.1) is 5.92 Å². The molecule has 0 radical (unpaired) electrons. The molecule has 2 nitrogen and oxygen atoms in total. The van der Waals surface area contributed by atoms with Gasteiger partial charge in [0.2, 0.25) is 0 Å². The second kappa shape index (κ2) is 16.8. The van der Waals surface area contributed by atoms with Crippen molar-refractivity contribution in [2.45, 2.75) is 111 Å². The summed E-state index contributed by atoms with van der Waals surface area (Å²) < 4.78 is 5.43. The lowest BCUT2D eigenvalue weighted by atomic mass is 10.0. The van der Waals surface area contributed by atoms with Crippen LogP contribution in [0.25, 0.3) is 0 Å². The predicted molar refractivity (Wildman–Crippen MR) is 96.1 cm³/mol. The molecule has 0 spiro atoms. The predicted octanol–water partition coefficient (Wildman–Crippen LogP) is 6.67. The van der Waals surface area contributed by atoms with Crippen molar-refractivity contribution in [2.75, 3.05) is 6.61 Å². The summed E-state index contributed by atoms with van der Waals surface area (Å²) >= 11 is 0. The normalized spacial score (nSPS) is 12.3. The Kier molecular flexibility index (Phi) is 16.4. The Bertz CT molecular complexity index is 238. The zero-order valence-electron chi connectivity index (χ0n) is 15.5. The maximum absolute atomic E-state index is 11.7. The lowest BCUT2D eigenvalue weighted by Gasteiger charge is -2.14. The number of hydrogen-bond acceptors (Lipinski definition) is 2. The summed E-state index contributed by atoms with van der Waals surface area (Å²) in [4.78, 5) is 11.7. The van der Waals surface area contributed by atoms with E-state index in [0.717, 1.165) is 12.8 Å². The van der Waals surface area contributed by atoms with Gasteiger partial charge in [0.1, 0.15) is 0 Å². The van der Waals surface area contributed by atoms with Crippen molar-refractivity contribution in [1.82, 2.24) is 0 Å². The van der Waals surface area contributed by atoms with Gasteiger partial charge in [0, 0.05) is 6.42 Å². The Labute approximate surface area is 139 Å². The van der Waals surface area contributed by atoms with E-state index < -0.39 is 0 Å². The van der Waals surface area contributed by atoms with Gasteiger partial charge in [0.05, 0.1) is 6.61 Å². The molecular formula is C20H40O2. The van der Waals surface area contributed by atoms with E-state index in [1.165, 1.54) is 70.6 Å². The third-order valence-electron chi connectivity index (χ3n) is 4.51. The molecule has 0 N–H and O–H groups in total. The van der Waals surface area contributed by atoms with Crippen molar-refractivity contribution in [3.63, 3.8) is 0 Å². The molecule has 132 valence electrons. The highest BCUT2D eigenvalue weighted by Gasteiger charge is 2.09. The van der Waals surface area contributed by atoms with Crippen molar-refractivity contribution in [3.05, 3.63) is 0 Å². The molecule has 0 aromatic rings. The van der Waals surface area contributed by atoms with Crippen LogP contribution >= 0.6 is 0 Å². The summed E-state index contributed by atoms with van der Waals surface area (Å²) in [7, 11) is 0. The largest absolute Gasteiger partial charge is 0.465 e. The molecule has 0 rings (SSSR count). The average molecular weight is 313 g/mol. The zero-order chi connectivity index (χ0) is 16.5. The number of ether oxygens (including phenoxy) is 1. The van der Waals surface area contributed by atoms with Crippen LogP contribution in [0.4, 0.5) is 0 Å². The van der Waals surface area contributed by atoms with Gasteiger partial charge in [0.25, 0.3) is 0 Å². The first-order chi connectivity index (χ1) is 10.7. The standard InChI is InChI=1S/C20H40O2/c1-4-7-9-10-11-12-13-14-15-17-20(21)22-18-19(6-3)16-8-5-2/h19H,4-18H2,1-3H3/t19-/m1/s1. The van der Waals surface area contributed by atoms with Crippen molar-refractivity contribution < 1.29 is 9.53 Å². The Morgan fingerprint density at radius 3 is 1.86 bits per heavy atom. The van der Waals surface area contributed by atoms with Crippen LogP contribution in [0.5, 0.6) is 0 Å². The number of esters is 1. The Hall–Kier alpha value is -0.530. The van der Waals surface area contributed by atoms with Gasteiger partial charge in [-0.15, -0.1) is 0 Å². The molecule has 0 fully saturated rings. The van der Waals surface area contributed by atoms with Crippen LogP contribution in [0.2, 0.25) is 0 Å². The minimum absolute atomic E-state index is 0.0119. The lowest BCUT2D eigenvalue weighted by molar-refractivity contribution is -0.145. The van der Waals surface area contributed by atoms with E-state index >= 15 is 0 Å². The van der Waals surface area contributed by atoms with E-state index in [1.54, 1.807) is 0 Å². The molecule has 0 aromatic heterocycles. The minimum Gasteiger partial charge on any atom is -0.465 e. The number of rotatable bonds is 16. The molecule has 2 heteroatoms. The van der Waals surface area contributed by atoms with Crippen molar-refractivity contribution >= 4 is 5.97 Å². The lowest BCUT2D eigenvalue weighted by Crippen LogP contribution is -2.13. The van der Waals surface area contributed by atoms with Crippen LogP contribution in [-0.4, -0.2) is 12.6 Å². The number of hydrogen-bond donors (Lipinski definition) is 0. The Balaban J connectivity index is 3.38. The van der Waals surface area contributed by atoms with E-state index in [1.807, 2.05) is 0 Å². The molecule has 0 unspecified atom stereocenters. The Morgan fingerprint density at radius 1 is 0.773 bits per heavy atom. The first-order valence-corrected chi connectivity index (χ1v) is 9.90. The van der Waals surface area contributed by atoms with Crippen molar-refractivity contribution in [3.8, 4) is 0 Å². The molecule has 0 saturated carbocycles. The fraction of sp³-hybridized carbons (Fsp3) is 0.950. The van der Waals surface area contributed by atoms with Crippen LogP contribution in [0.1, 0.15) is 111 Å². The molecule has 0 aromatic carbocycles. The summed E-state index contributed by atoms with van der Waals surface area (Å²) in [5.41, 5.74) is 0. The van der Waals surface area contributed by atoms with Gasteiger partial charge in [-0.1, -0.05) is 91.4 Å². The number of unbranched alkanes of at least 4 members (excludes halogenated alkanes) is 9. The van der Waals surface area contributed by atoms with E-state index in [9.17, 15) is 4.79 Å². The third kappa shape index (κ3) is 14.4. The molecule has 22 heavy (non-hydrogen) atoms. The van der Waals surface area contributed by atoms with Crippen LogP contribution in [0.15, 0.2) is 0 Å². The fourth-order valence-corrected chi connectivity index (χ4v) is 2.76. The van der Waals surface area contributed by atoms with Gasteiger partial charge in [-0.2, -0.15) is 0 Å². The van der Waals surface area contributed by atoms with Crippen molar-refractivity contribution in [1.29, 1.82) is 0 Å². The maximum atomic E-state index is 11.7. The van der Waals surface area contributed by atoms with Gasteiger partial charge in [-0.25, -0.2) is 0 Å². The smallest absolute Gasteiger partial charge is 0.305 e. The minimum atomic E-state index is 0.0119. The van der Waals surface area contributed by atoms with Crippen LogP contribution in [-0.2, 0) is 9.53 Å². The quantitative estimate of drug-likeness (QED) is 0.235. The van der Waals surface area contributed by atoms with Gasteiger partial charge >= 0.3 is 5.97 Å². The highest BCUT2D eigenvalue weighted by molar-refractivity contribution is 5.69. The van der Waals surface area contributed by atoms with E-state index in [2.05, 4.69) is 20.8 Å². The van der Waals surface area contributed by atoms with E-state index in [0.29, 0.717) is 18.9 Å². The number of carbonyl (C=O) groups excluding carboxylic acids is 1. The van der Waals surface area contributed by atoms with Gasteiger partial charge < -0.3 is 4.74 Å². The summed E-state index contributed by atoms with van der Waals surface area (Å²) in [5.74, 6) is 0.574. The zero-order valence-corrected chi connectivity index (χ0v) is 15.5. The molecule has 0 aliphatic heterocycles. The summed E-state index contributed by atoms with van der Waals surface area (Å²) in [6.07, 6.45) is 17.0. The first kappa shape index (κ1) is 21.5. The monoisotopic (exact) mass is 312 g/mol. The molecule has 0 saturated heterocycles. The second-order valence-corrected chi connectivity index (χ2v) is 6.68. The van der Waals surface area contributed by atoms with Gasteiger partial charge in [-0.05, 0) is 18.8 Å². The first-order valence-electron chi connectivity index (χ1n) is 9.90.